The fourth-order valence-electron chi connectivity index (χ4n) is 4.90. The van der Waals surface area contributed by atoms with Gasteiger partial charge < -0.3 is 14.0 Å². The SMILES string of the molecule is COc1ncc(-c2nc3c(n2C(C)C)[C@H](c2ccc(Cl)cc2)N(c2ccc4ncsc4c2)C3=O)c(OC)n1. The summed E-state index contributed by atoms with van der Waals surface area (Å²) in [5, 5.41) is 0.620. The maximum atomic E-state index is 14.1. The fourth-order valence-corrected chi connectivity index (χ4v) is 5.74. The van der Waals surface area contributed by atoms with E-state index in [0.29, 0.717) is 28.0 Å². The van der Waals surface area contributed by atoms with Gasteiger partial charge in [-0.2, -0.15) is 4.98 Å². The number of fused-ring (bicyclic) bond motifs is 2. The number of ether oxygens (including phenoxy) is 2. The first-order chi connectivity index (χ1) is 18.4. The van der Waals surface area contributed by atoms with Gasteiger partial charge in [0.1, 0.15) is 11.9 Å². The normalized spacial score (nSPS) is 14.9. The lowest BCUT2D eigenvalue weighted by molar-refractivity contribution is 0.0989. The Hall–Kier alpha value is -4.02. The molecule has 4 heterocycles. The van der Waals surface area contributed by atoms with Crippen molar-refractivity contribution in [2.75, 3.05) is 19.1 Å². The average Bonchev–Trinajstić information content (AvgIpc) is 3.62. The topological polar surface area (TPSA) is 95.3 Å². The molecule has 2 aromatic carbocycles. The molecule has 1 aliphatic rings. The Morgan fingerprint density at radius 3 is 2.53 bits per heavy atom. The highest BCUT2D eigenvalue weighted by Gasteiger charge is 2.45. The van der Waals surface area contributed by atoms with Gasteiger partial charge in [-0.3, -0.25) is 9.69 Å². The van der Waals surface area contributed by atoms with Crippen LogP contribution in [-0.4, -0.2) is 44.6 Å². The molecule has 38 heavy (non-hydrogen) atoms. The first-order valence-electron chi connectivity index (χ1n) is 11.9. The Balaban J connectivity index is 1.59. The molecule has 0 unspecified atom stereocenters. The van der Waals surface area contributed by atoms with E-state index in [9.17, 15) is 4.79 Å². The molecule has 0 saturated carbocycles. The molecule has 1 amide bonds. The van der Waals surface area contributed by atoms with Crippen LogP contribution in [-0.2, 0) is 0 Å². The third-order valence-electron chi connectivity index (χ3n) is 6.53. The number of halogens is 1. The molecule has 0 N–H and O–H groups in total. The van der Waals surface area contributed by atoms with Gasteiger partial charge in [0.15, 0.2) is 5.69 Å². The number of thiazole rings is 1. The van der Waals surface area contributed by atoms with Crippen LogP contribution >= 0.6 is 22.9 Å². The zero-order valence-corrected chi connectivity index (χ0v) is 22.6. The van der Waals surface area contributed by atoms with E-state index in [-0.39, 0.29) is 18.0 Å². The molecule has 1 aliphatic heterocycles. The van der Waals surface area contributed by atoms with E-state index < -0.39 is 6.04 Å². The number of anilines is 1. The summed E-state index contributed by atoms with van der Waals surface area (Å²) in [6.45, 7) is 4.11. The lowest BCUT2D eigenvalue weighted by atomic mass is 10.0. The molecule has 0 saturated heterocycles. The minimum Gasteiger partial charge on any atom is -0.480 e. The van der Waals surface area contributed by atoms with Gasteiger partial charge in [0.05, 0.1) is 41.2 Å². The summed E-state index contributed by atoms with van der Waals surface area (Å²) in [7, 11) is 3.02. The van der Waals surface area contributed by atoms with E-state index in [2.05, 4.69) is 33.4 Å². The molecule has 1 atom stereocenters. The maximum Gasteiger partial charge on any atom is 0.319 e. The van der Waals surface area contributed by atoms with Gasteiger partial charge in [0.25, 0.3) is 5.91 Å². The smallest absolute Gasteiger partial charge is 0.319 e. The van der Waals surface area contributed by atoms with E-state index >= 15 is 0 Å². The van der Waals surface area contributed by atoms with Crippen LogP contribution in [0.4, 0.5) is 5.69 Å². The first kappa shape index (κ1) is 24.3. The molecule has 192 valence electrons. The monoisotopic (exact) mass is 546 g/mol. The van der Waals surface area contributed by atoms with E-state index in [0.717, 1.165) is 27.2 Å². The largest absolute Gasteiger partial charge is 0.480 e. The summed E-state index contributed by atoms with van der Waals surface area (Å²) in [4.78, 5) is 33.8. The van der Waals surface area contributed by atoms with Crippen molar-refractivity contribution in [3.63, 3.8) is 0 Å². The van der Waals surface area contributed by atoms with Crippen LogP contribution in [0.5, 0.6) is 11.9 Å². The minimum absolute atomic E-state index is 0.0421. The molecular formula is C27H23ClN6O3S. The number of imidazole rings is 1. The molecule has 0 radical (unpaired) electrons. The summed E-state index contributed by atoms with van der Waals surface area (Å²) in [5.74, 6) is 0.664. The van der Waals surface area contributed by atoms with E-state index in [1.165, 1.54) is 25.6 Å². The molecule has 6 rings (SSSR count). The van der Waals surface area contributed by atoms with Crippen molar-refractivity contribution in [1.29, 1.82) is 0 Å². The molecule has 0 fully saturated rings. The number of carbonyl (C=O) groups excluding carboxylic acids is 1. The quantitative estimate of drug-likeness (QED) is 0.259. The number of aromatic nitrogens is 5. The van der Waals surface area contributed by atoms with Crippen molar-refractivity contribution < 1.29 is 14.3 Å². The lowest BCUT2D eigenvalue weighted by Gasteiger charge is -2.28. The number of hydrogen-bond donors (Lipinski definition) is 0. The van der Waals surface area contributed by atoms with E-state index in [1.807, 2.05) is 42.5 Å². The molecule has 0 spiro atoms. The maximum absolute atomic E-state index is 14.1. The number of benzene rings is 2. The summed E-state index contributed by atoms with van der Waals surface area (Å²) >= 11 is 7.77. The van der Waals surface area contributed by atoms with Gasteiger partial charge in [-0.15, -0.1) is 11.3 Å². The molecule has 5 aromatic rings. The Bertz CT molecular complexity index is 1680. The molecule has 0 aliphatic carbocycles. The van der Waals surface area contributed by atoms with Gasteiger partial charge in [0.2, 0.25) is 5.88 Å². The number of carbonyl (C=O) groups is 1. The second kappa shape index (κ2) is 9.38. The third-order valence-corrected chi connectivity index (χ3v) is 7.57. The van der Waals surface area contributed by atoms with Crippen molar-refractivity contribution in [3.05, 3.63) is 76.1 Å². The van der Waals surface area contributed by atoms with E-state index in [1.54, 1.807) is 16.6 Å². The molecule has 11 heteroatoms. The van der Waals surface area contributed by atoms with Crippen LogP contribution in [0.1, 0.15) is 47.7 Å². The van der Waals surface area contributed by atoms with Gasteiger partial charge in [-0.05, 0) is 49.7 Å². The minimum atomic E-state index is -0.436. The van der Waals surface area contributed by atoms with Gasteiger partial charge >= 0.3 is 6.01 Å². The zero-order valence-electron chi connectivity index (χ0n) is 21.0. The summed E-state index contributed by atoms with van der Waals surface area (Å²) in [6.07, 6.45) is 1.61. The highest BCUT2D eigenvalue weighted by Crippen LogP contribution is 2.46. The Kier molecular flexibility index (Phi) is 6.00. The van der Waals surface area contributed by atoms with Crippen molar-refractivity contribution in [3.8, 4) is 23.3 Å². The summed E-state index contributed by atoms with van der Waals surface area (Å²) < 4.78 is 13.8. The molecule has 3 aromatic heterocycles. The second-order valence-electron chi connectivity index (χ2n) is 9.05. The third kappa shape index (κ3) is 3.79. The number of hydrogen-bond acceptors (Lipinski definition) is 8. The molecule has 0 bridgehead atoms. The van der Waals surface area contributed by atoms with Crippen LogP contribution in [0.3, 0.4) is 0 Å². The Labute approximate surface area is 227 Å². The van der Waals surface area contributed by atoms with Crippen molar-refractivity contribution in [2.24, 2.45) is 0 Å². The van der Waals surface area contributed by atoms with Crippen molar-refractivity contribution in [2.45, 2.75) is 25.9 Å². The van der Waals surface area contributed by atoms with Crippen LogP contribution in [0.15, 0.2) is 54.2 Å². The Morgan fingerprint density at radius 1 is 1.03 bits per heavy atom. The number of amides is 1. The van der Waals surface area contributed by atoms with Crippen LogP contribution in [0.2, 0.25) is 5.02 Å². The molecular weight excluding hydrogens is 524 g/mol. The van der Waals surface area contributed by atoms with Crippen LogP contribution in [0.25, 0.3) is 21.6 Å². The van der Waals surface area contributed by atoms with Crippen LogP contribution in [0, 0.1) is 0 Å². The summed E-state index contributed by atoms with van der Waals surface area (Å²) in [6, 6.07) is 13.1. The number of methoxy groups -OCH3 is 2. The Morgan fingerprint density at radius 2 is 1.82 bits per heavy atom. The lowest BCUT2D eigenvalue weighted by Crippen LogP contribution is -2.30. The summed E-state index contributed by atoms with van der Waals surface area (Å²) in [5.41, 5.74) is 6.10. The standard InChI is InChI=1S/C27H23ClN6O3S/c1-14(2)33-23-21(31-24(33)18-12-29-27(37-4)32-25(18)36-3)26(35)34(22(23)15-5-7-16(28)8-6-15)17-9-10-19-20(11-17)38-13-30-19/h5-14,22H,1-4H3/t22-/m0/s1. The number of rotatable bonds is 6. The highest BCUT2D eigenvalue weighted by molar-refractivity contribution is 7.16. The fraction of sp³-hybridized carbons (Fsp3) is 0.222. The second-order valence-corrected chi connectivity index (χ2v) is 10.4. The van der Waals surface area contributed by atoms with E-state index in [4.69, 9.17) is 26.1 Å². The van der Waals surface area contributed by atoms with Crippen LogP contribution < -0.4 is 14.4 Å². The predicted octanol–water partition coefficient (Wildman–Crippen LogP) is 5.95. The van der Waals surface area contributed by atoms with Gasteiger partial charge in [-0.1, -0.05) is 23.7 Å². The highest BCUT2D eigenvalue weighted by atomic mass is 35.5. The zero-order chi connectivity index (χ0) is 26.6. The van der Waals surface area contributed by atoms with Crippen molar-refractivity contribution >= 4 is 44.7 Å². The number of nitrogens with zero attached hydrogens (tertiary/aromatic N) is 6. The predicted molar refractivity (Wildman–Crippen MR) is 146 cm³/mol. The average molecular weight is 547 g/mol. The van der Waals surface area contributed by atoms with Gasteiger partial charge in [-0.25, -0.2) is 15.0 Å². The van der Waals surface area contributed by atoms with Gasteiger partial charge in [0, 0.05) is 22.9 Å². The molecule has 9 nitrogen and oxygen atoms in total. The van der Waals surface area contributed by atoms with Crippen molar-refractivity contribution in [1.82, 2.24) is 24.5 Å². The first-order valence-corrected chi connectivity index (χ1v) is 13.2.